The molecular formula is C13H20N4O2. The second-order valence-corrected chi connectivity index (χ2v) is 5.21. The summed E-state index contributed by atoms with van der Waals surface area (Å²) < 4.78 is 5.34. The van der Waals surface area contributed by atoms with Gasteiger partial charge in [0.2, 0.25) is 5.95 Å². The van der Waals surface area contributed by atoms with E-state index < -0.39 is 0 Å². The Morgan fingerprint density at radius 1 is 1.37 bits per heavy atom. The number of rotatable bonds is 2. The zero-order chi connectivity index (χ0) is 13.2. The zero-order valence-electron chi connectivity index (χ0n) is 11.2. The number of morpholine rings is 1. The van der Waals surface area contributed by atoms with Gasteiger partial charge in [0.25, 0.3) is 0 Å². The third-order valence-electron chi connectivity index (χ3n) is 3.77. The lowest BCUT2D eigenvalue weighted by Crippen LogP contribution is -2.38. The molecule has 1 unspecified atom stereocenters. The van der Waals surface area contributed by atoms with Crippen LogP contribution in [0.1, 0.15) is 13.3 Å². The third kappa shape index (κ3) is 2.64. The highest BCUT2D eigenvalue weighted by molar-refractivity contribution is 5.46. The minimum Gasteiger partial charge on any atom is -0.391 e. The number of aromatic nitrogens is 2. The molecule has 1 aromatic rings. The molecular weight excluding hydrogens is 244 g/mol. The van der Waals surface area contributed by atoms with Crippen molar-refractivity contribution in [3.05, 3.63) is 12.3 Å². The first-order valence-electron chi connectivity index (χ1n) is 6.84. The van der Waals surface area contributed by atoms with Gasteiger partial charge < -0.3 is 19.6 Å². The van der Waals surface area contributed by atoms with E-state index in [1.165, 1.54) is 0 Å². The highest BCUT2D eigenvalue weighted by Crippen LogP contribution is 2.25. The molecule has 2 aliphatic rings. The Kier molecular flexibility index (Phi) is 3.52. The molecule has 0 spiro atoms. The lowest BCUT2D eigenvalue weighted by molar-refractivity contribution is 0.122. The van der Waals surface area contributed by atoms with Gasteiger partial charge in [0, 0.05) is 31.9 Å². The predicted molar refractivity (Wildman–Crippen MR) is 72.5 cm³/mol. The zero-order valence-corrected chi connectivity index (χ0v) is 11.2. The average Bonchev–Trinajstić information content (AvgIpc) is 2.79. The van der Waals surface area contributed by atoms with Crippen molar-refractivity contribution in [1.82, 2.24) is 9.97 Å². The maximum Gasteiger partial charge on any atom is 0.227 e. The van der Waals surface area contributed by atoms with Crippen molar-refractivity contribution >= 4 is 11.8 Å². The van der Waals surface area contributed by atoms with Gasteiger partial charge >= 0.3 is 0 Å². The highest BCUT2D eigenvalue weighted by atomic mass is 16.5. The smallest absolute Gasteiger partial charge is 0.227 e. The Morgan fingerprint density at radius 2 is 2.16 bits per heavy atom. The number of aliphatic hydroxyl groups is 1. The number of β-amino-alcohol motifs (C(OH)–C–C–N with tert-alkyl or cyclic N) is 1. The Labute approximate surface area is 113 Å². The second-order valence-electron chi connectivity index (χ2n) is 5.21. The van der Waals surface area contributed by atoms with Crippen molar-refractivity contribution in [2.75, 3.05) is 42.6 Å². The first-order chi connectivity index (χ1) is 9.24. The summed E-state index contributed by atoms with van der Waals surface area (Å²) in [5, 5.41) is 9.74. The van der Waals surface area contributed by atoms with E-state index in [0.29, 0.717) is 12.6 Å². The first kappa shape index (κ1) is 12.6. The standard InChI is InChI=1S/C13H20N4O2/c1-10-8-11(18)9-17(10)12-2-3-14-13(15-12)16-4-6-19-7-5-16/h2-3,10-11,18H,4-9H2,1H3/t10?,11-/m1/s1. The molecule has 104 valence electrons. The second kappa shape index (κ2) is 5.30. The van der Waals surface area contributed by atoms with Crippen LogP contribution >= 0.6 is 0 Å². The van der Waals surface area contributed by atoms with Crippen molar-refractivity contribution in [3.8, 4) is 0 Å². The van der Waals surface area contributed by atoms with E-state index in [9.17, 15) is 5.11 Å². The minimum absolute atomic E-state index is 0.253. The van der Waals surface area contributed by atoms with Crippen molar-refractivity contribution in [3.63, 3.8) is 0 Å². The van der Waals surface area contributed by atoms with Crippen LogP contribution < -0.4 is 9.80 Å². The van der Waals surface area contributed by atoms with Crippen molar-refractivity contribution in [2.45, 2.75) is 25.5 Å². The maximum atomic E-state index is 9.74. The number of nitrogens with zero attached hydrogens (tertiary/aromatic N) is 4. The van der Waals surface area contributed by atoms with Crippen molar-refractivity contribution < 1.29 is 9.84 Å². The number of aliphatic hydroxyl groups excluding tert-OH is 1. The van der Waals surface area contributed by atoms with E-state index in [2.05, 4.69) is 26.7 Å². The molecule has 0 aromatic carbocycles. The van der Waals surface area contributed by atoms with E-state index in [-0.39, 0.29) is 6.10 Å². The Morgan fingerprint density at radius 3 is 2.84 bits per heavy atom. The largest absolute Gasteiger partial charge is 0.391 e. The van der Waals surface area contributed by atoms with Gasteiger partial charge in [0.15, 0.2) is 0 Å². The summed E-state index contributed by atoms with van der Waals surface area (Å²) in [5.41, 5.74) is 0. The van der Waals surface area contributed by atoms with E-state index in [0.717, 1.165) is 44.5 Å². The third-order valence-corrected chi connectivity index (χ3v) is 3.77. The average molecular weight is 264 g/mol. The van der Waals surface area contributed by atoms with Crippen LogP contribution in [0, 0.1) is 0 Å². The molecule has 0 bridgehead atoms. The molecule has 0 aliphatic carbocycles. The number of ether oxygens (including phenoxy) is 1. The van der Waals surface area contributed by atoms with Gasteiger partial charge in [0.1, 0.15) is 5.82 Å². The summed E-state index contributed by atoms with van der Waals surface area (Å²) in [4.78, 5) is 13.3. The molecule has 19 heavy (non-hydrogen) atoms. The maximum absolute atomic E-state index is 9.74. The van der Waals surface area contributed by atoms with Crippen LogP contribution in [0.2, 0.25) is 0 Å². The van der Waals surface area contributed by atoms with E-state index >= 15 is 0 Å². The molecule has 2 atom stereocenters. The van der Waals surface area contributed by atoms with Crippen LogP contribution in [0.3, 0.4) is 0 Å². The van der Waals surface area contributed by atoms with Crippen molar-refractivity contribution in [1.29, 1.82) is 0 Å². The van der Waals surface area contributed by atoms with E-state index in [1.54, 1.807) is 6.20 Å². The van der Waals surface area contributed by atoms with Crippen LogP contribution in [-0.2, 0) is 4.74 Å². The summed E-state index contributed by atoms with van der Waals surface area (Å²) in [5.74, 6) is 1.66. The van der Waals surface area contributed by atoms with Gasteiger partial charge in [-0.2, -0.15) is 4.98 Å². The van der Waals surface area contributed by atoms with Crippen LogP contribution in [0.15, 0.2) is 12.3 Å². The van der Waals surface area contributed by atoms with Gasteiger partial charge in [-0.05, 0) is 19.4 Å². The van der Waals surface area contributed by atoms with Crippen LogP contribution in [0.4, 0.5) is 11.8 Å². The molecule has 2 saturated heterocycles. The van der Waals surface area contributed by atoms with Crippen molar-refractivity contribution in [2.24, 2.45) is 0 Å². The number of hydrogen-bond acceptors (Lipinski definition) is 6. The van der Waals surface area contributed by atoms with Crippen LogP contribution in [0.25, 0.3) is 0 Å². The Balaban J connectivity index is 1.79. The van der Waals surface area contributed by atoms with Gasteiger partial charge in [-0.1, -0.05) is 0 Å². The minimum atomic E-state index is -0.253. The molecule has 6 heteroatoms. The molecule has 2 aliphatic heterocycles. The van der Waals surface area contributed by atoms with Gasteiger partial charge in [-0.3, -0.25) is 0 Å². The summed E-state index contributed by atoms with van der Waals surface area (Å²) in [6, 6.07) is 2.24. The highest BCUT2D eigenvalue weighted by Gasteiger charge is 2.29. The normalized spacial score (nSPS) is 27.9. The molecule has 1 aromatic heterocycles. The lowest BCUT2D eigenvalue weighted by Gasteiger charge is -2.28. The van der Waals surface area contributed by atoms with E-state index in [4.69, 9.17) is 4.74 Å². The fourth-order valence-electron chi connectivity index (χ4n) is 2.74. The summed E-state index contributed by atoms with van der Waals surface area (Å²) in [7, 11) is 0. The molecule has 0 amide bonds. The number of anilines is 2. The molecule has 1 N–H and O–H groups in total. The fraction of sp³-hybridized carbons (Fsp3) is 0.692. The van der Waals surface area contributed by atoms with Gasteiger partial charge in [-0.25, -0.2) is 4.98 Å². The fourth-order valence-corrected chi connectivity index (χ4v) is 2.74. The molecule has 0 radical (unpaired) electrons. The molecule has 6 nitrogen and oxygen atoms in total. The topological polar surface area (TPSA) is 61.7 Å². The van der Waals surface area contributed by atoms with Gasteiger partial charge in [-0.15, -0.1) is 0 Å². The lowest BCUT2D eigenvalue weighted by atomic mass is 10.2. The molecule has 3 rings (SSSR count). The summed E-state index contributed by atoms with van der Waals surface area (Å²) in [6.07, 6.45) is 2.35. The SMILES string of the molecule is CC1C[C@@H](O)CN1c1ccnc(N2CCOCC2)n1. The van der Waals surface area contributed by atoms with Crippen LogP contribution in [-0.4, -0.2) is 60.1 Å². The number of hydrogen-bond donors (Lipinski definition) is 1. The Hall–Kier alpha value is -1.40. The van der Waals surface area contributed by atoms with Crippen LogP contribution in [0.5, 0.6) is 0 Å². The van der Waals surface area contributed by atoms with E-state index in [1.807, 2.05) is 6.07 Å². The quantitative estimate of drug-likeness (QED) is 0.827. The van der Waals surface area contributed by atoms with Gasteiger partial charge in [0.05, 0.1) is 19.3 Å². The monoisotopic (exact) mass is 264 g/mol. The predicted octanol–water partition coefficient (Wildman–Crippen LogP) is 0.273. The first-order valence-corrected chi connectivity index (χ1v) is 6.84. The summed E-state index contributed by atoms with van der Waals surface area (Å²) in [6.45, 7) is 5.90. The Bertz CT molecular complexity index is 436. The molecule has 2 fully saturated rings. The molecule has 0 saturated carbocycles. The molecule has 3 heterocycles. The summed E-state index contributed by atoms with van der Waals surface area (Å²) >= 11 is 0.